The molecule has 1 heterocycles. The van der Waals surface area contributed by atoms with Gasteiger partial charge >= 0.3 is 0 Å². The molecule has 1 aromatic heterocycles. The molecule has 6 nitrogen and oxygen atoms in total. The Morgan fingerprint density at radius 3 is 2.50 bits per heavy atom. The summed E-state index contributed by atoms with van der Waals surface area (Å²) in [6.45, 7) is 0. The molecular weight excluding hydrogens is 182 g/mol. The van der Waals surface area contributed by atoms with Crippen molar-refractivity contribution < 1.29 is 4.79 Å². The van der Waals surface area contributed by atoms with Crippen LogP contribution in [0.1, 0.15) is 10.4 Å². The summed E-state index contributed by atoms with van der Waals surface area (Å²) < 4.78 is 0. The Balaban J connectivity index is 2.36. The maximum absolute atomic E-state index is 10.7. The second-order valence-electron chi connectivity index (χ2n) is 2.66. The first-order valence-corrected chi connectivity index (χ1v) is 3.87. The number of tetrazole rings is 1. The van der Waals surface area contributed by atoms with E-state index < -0.39 is 5.91 Å². The van der Waals surface area contributed by atoms with Crippen LogP contribution in [0.15, 0.2) is 24.3 Å². The average molecular weight is 188 g/mol. The fourth-order valence-electron chi connectivity index (χ4n) is 1.06. The molecule has 0 aliphatic carbocycles. The number of amides is 1. The van der Waals surface area contributed by atoms with Gasteiger partial charge in [-0.3, -0.25) is 10.5 Å². The smallest absolute Gasteiger partial charge is 0.267 e. The minimum absolute atomic E-state index is 0.348. The van der Waals surface area contributed by atoms with Crippen LogP contribution in [-0.4, -0.2) is 26.5 Å². The molecule has 1 amide bonds. The van der Waals surface area contributed by atoms with E-state index in [0.29, 0.717) is 11.4 Å². The van der Waals surface area contributed by atoms with Crippen molar-refractivity contribution in [1.82, 2.24) is 26.4 Å². The van der Waals surface area contributed by atoms with Crippen LogP contribution in [0, 0.1) is 0 Å². The highest BCUT2D eigenvalue weighted by atomic mass is 16.1. The number of nitrogens with one attached hydrogen (secondary N) is 2. The van der Waals surface area contributed by atoms with E-state index in [4.69, 9.17) is 5.73 Å². The first-order valence-electron chi connectivity index (χ1n) is 3.87. The number of aromatic nitrogens is 4. The SMILES string of the molecule is [NH]C(=O)c1ccc(-c2nnn[nH]2)cc1. The minimum atomic E-state index is -0.702. The van der Waals surface area contributed by atoms with Crippen molar-refractivity contribution in [2.45, 2.75) is 0 Å². The monoisotopic (exact) mass is 188 g/mol. The second kappa shape index (κ2) is 3.25. The van der Waals surface area contributed by atoms with E-state index in [-0.39, 0.29) is 0 Å². The molecule has 2 rings (SSSR count). The quantitative estimate of drug-likeness (QED) is 0.732. The first kappa shape index (κ1) is 8.36. The highest BCUT2D eigenvalue weighted by Gasteiger charge is 2.03. The van der Waals surface area contributed by atoms with E-state index in [0.717, 1.165) is 5.56 Å². The third kappa shape index (κ3) is 1.45. The summed E-state index contributed by atoms with van der Waals surface area (Å²) in [5.41, 5.74) is 8.00. The van der Waals surface area contributed by atoms with Crippen molar-refractivity contribution in [3.63, 3.8) is 0 Å². The van der Waals surface area contributed by atoms with E-state index in [1.165, 1.54) is 0 Å². The molecule has 2 N–H and O–H groups in total. The number of carbonyl (C=O) groups excluding carboxylic acids is 1. The van der Waals surface area contributed by atoms with Crippen LogP contribution < -0.4 is 5.73 Å². The molecule has 6 heteroatoms. The zero-order valence-corrected chi connectivity index (χ0v) is 7.06. The lowest BCUT2D eigenvalue weighted by molar-refractivity contribution is 0.0992. The molecule has 0 saturated heterocycles. The molecule has 0 saturated carbocycles. The zero-order chi connectivity index (χ0) is 9.97. The van der Waals surface area contributed by atoms with Crippen LogP contribution in [0.2, 0.25) is 0 Å². The summed E-state index contributed by atoms with van der Waals surface area (Å²) >= 11 is 0. The Morgan fingerprint density at radius 2 is 2.00 bits per heavy atom. The maximum Gasteiger partial charge on any atom is 0.269 e. The molecule has 0 fully saturated rings. The predicted molar refractivity (Wildman–Crippen MR) is 47.0 cm³/mol. The Hall–Kier alpha value is -2.24. The summed E-state index contributed by atoms with van der Waals surface area (Å²) in [7, 11) is 0. The first-order chi connectivity index (χ1) is 6.77. The molecule has 0 aliphatic rings. The average Bonchev–Trinajstić information content (AvgIpc) is 2.71. The van der Waals surface area contributed by atoms with Gasteiger partial charge in [0.2, 0.25) is 0 Å². The lowest BCUT2D eigenvalue weighted by atomic mass is 10.1. The van der Waals surface area contributed by atoms with Crippen molar-refractivity contribution >= 4 is 5.91 Å². The van der Waals surface area contributed by atoms with Crippen LogP contribution in [0.4, 0.5) is 0 Å². The van der Waals surface area contributed by atoms with Crippen molar-refractivity contribution in [3.05, 3.63) is 29.8 Å². The van der Waals surface area contributed by atoms with E-state index in [1.807, 2.05) is 0 Å². The van der Waals surface area contributed by atoms with E-state index in [9.17, 15) is 4.79 Å². The molecule has 1 aromatic carbocycles. The fourth-order valence-corrected chi connectivity index (χ4v) is 1.06. The van der Waals surface area contributed by atoms with Gasteiger partial charge in [-0.15, -0.1) is 5.10 Å². The highest BCUT2D eigenvalue weighted by molar-refractivity contribution is 5.92. The molecule has 14 heavy (non-hydrogen) atoms. The molecular formula is C8H6N5O. The fraction of sp³-hybridized carbons (Fsp3) is 0. The van der Waals surface area contributed by atoms with Gasteiger partial charge in [-0.1, -0.05) is 12.1 Å². The van der Waals surface area contributed by atoms with Crippen LogP contribution in [0.25, 0.3) is 11.4 Å². The Morgan fingerprint density at radius 1 is 1.29 bits per heavy atom. The number of hydrogen-bond acceptors (Lipinski definition) is 4. The van der Waals surface area contributed by atoms with Gasteiger partial charge in [-0.05, 0) is 22.6 Å². The molecule has 0 aliphatic heterocycles. The van der Waals surface area contributed by atoms with Gasteiger partial charge in [0.25, 0.3) is 5.91 Å². The third-order valence-corrected chi connectivity index (χ3v) is 1.77. The van der Waals surface area contributed by atoms with E-state index in [1.54, 1.807) is 24.3 Å². The van der Waals surface area contributed by atoms with Crippen molar-refractivity contribution in [1.29, 1.82) is 0 Å². The van der Waals surface area contributed by atoms with Crippen LogP contribution >= 0.6 is 0 Å². The summed E-state index contributed by atoms with van der Waals surface area (Å²) in [4.78, 5) is 10.7. The summed E-state index contributed by atoms with van der Waals surface area (Å²) in [6, 6.07) is 6.49. The molecule has 0 atom stereocenters. The molecule has 0 unspecified atom stereocenters. The number of carbonyl (C=O) groups is 1. The van der Waals surface area contributed by atoms with Crippen molar-refractivity contribution in [3.8, 4) is 11.4 Å². The van der Waals surface area contributed by atoms with Gasteiger partial charge < -0.3 is 0 Å². The Bertz CT molecular complexity index is 433. The van der Waals surface area contributed by atoms with Gasteiger partial charge in [0.15, 0.2) is 5.82 Å². The van der Waals surface area contributed by atoms with Crippen LogP contribution in [0.5, 0.6) is 0 Å². The number of benzene rings is 1. The Labute approximate surface area is 79.1 Å². The van der Waals surface area contributed by atoms with E-state index >= 15 is 0 Å². The molecule has 0 bridgehead atoms. The minimum Gasteiger partial charge on any atom is -0.267 e. The molecule has 1 radical (unpaired) electrons. The number of H-pyrrole nitrogens is 1. The third-order valence-electron chi connectivity index (χ3n) is 1.77. The van der Waals surface area contributed by atoms with Gasteiger partial charge in [0, 0.05) is 11.1 Å². The summed E-state index contributed by atoms with van der Waals surface area (Å²) in [6.07, 6.45) is 0. The lowest BCUT2D eigenvalue weighted by Gasteiger charge is -1.96. The maximum atomic E-state index is 10.7. The van der Waals surface area contributed by atoms with Crippen molar-refractivity contribution in [2.75, 3.05) is 0 Å². The number of rotatable bonds is 2. The topological polar surface area (TPSA) is 95.3 Å². The van der Waals surface area contributed by atoms with Crippen LogP contribution in [-0.2, 0) is 0 Å². The highest BCUT2D eigenvalue weighted by Crippen LogP contribution is 2.13. The summed E-state index contributed by atoms with van der Waals surface area (Å²) in [5.74, 6) is -0.166. The van der Waals surface area contributed by atoms with Gasteiger partial charge in [-0.25, -0.2) is 5.10 Å². The lowest BCUT2D eigenvalue weighted by Crippen LogP contribution is -1.97. The van der Waals surface area contributed by atoms with Gasteiger partial charge in [0.1, 0.15) is 0 Å². The predicted octanol–water partition coefficient (Wildman–Crippen LogP) is 0.290. The number of aromatic amines is 1. The van der Waals surface area contributed by atoms with Gasteiger partial charge in [0.05, 0.1) is 0 Å². The van der Waals surface area contributed by atoms with E-state index in [2.05, 4.69) is 20.6 Å². The number of nitrogens with zero attached hydrogens (tertiary/aromatic N) is 3. The largest absolute Gasteiger partial charge is 0.269 e. The Kier molecular flexibility index (Phi) is 1.94. The van der Waals surface area contributed by atoms with Crippen LogP contribution in [0.3, 0.4) is 0 Å². The zero-order valence-electron chi connectivity index (χ0n) is 7.06. The summed E-state index contributed by atoms with van der Waals surface area (Å²) in [5, 5.41) is 13.2. The normalized spacial score (nSPS) is 10.0. The standard InChI is InChI=1S/C8H6N5O/c9-7(14)5-1-3-6(4-2-5)8-10-12-13-11-8/h1-4,9H,(H,10,11,12,13). The molecule has 0 spiro atoms. The van der Waals surface area contributed by atoms with Crippen molar-refractivity contribution in [2.24, 2.45) is 0 Å². The van der Waals surface area contributed by atoms with Gasteiger partial charge in [-0.2, -0.15) is 0 Å². The molecule has 69 valence electrons. The second-order valence-corrected chi connectivity index (χ2v) is 2.66. The number of hydrogen-bond donors (Lipinski definition) is 1. The molecule has 2 aromatic rings.